The zero-order chi connectivity index (χ0) is 9.26. The Kier molecular flexibility index (Phi) is 1.98. The number of furan rings is 1. The van der Waals surface area contributed by atoms with Gasteiger partial charge in [-0.3, -0.25) is 0 Å². The van der Waals surface area contributed by atoms with E-state index in [0.717, 1.165) is 17.2 Å². The van der Waals surface area contributed by atoms with E-state index in [1.54, 1.807) is 6.20 Å². The first-order valence-corrected chi connectivity index (χ1v) is 4.29. The van der Waals surface area contributed by atoms with E-state index in [-0.39, 0.29) is 0 Å². The maximum absolute atomic E-state index is 5.42. The summed E-state index contributed by atoms with van der Waals surface area (Å²) in [5.74, 6) is 1.66. The second-order valence-corrected chi connectivity index (χ2v) is 3.09. The molecule has 0 aliphatic rings. The summed E-state index contributed by atoms with van der Waals surface area (Å²) in [5, 5.41) is 0. The highest BCUT2D eigenvalue weighted by molar-refractivity contribution is 7.71. The summed E-state index contributed by atoms with van der Waals surface area (Å²) in [6, 6.07) is 5.64. The summed E-state index contributed by atoms with van der Waals surface area (Å²) in [6.07, 6.45) is 1.66. The molecule has 0 spiro atoms. The Morgan fingerprint density at radius 1 is 1.38 bits per heavy atom. The molecule has 0 bridgehead atoms. The van der Waals surface area contributed by atoms with Crippen molar-refractivity contribution in [2.75, 3.05) is 0 Å². The van der Waals surface area contributed by atoms with Crippen molar-refractivity contribution in [3.8, 4) is 11.5 Å². The van der Waals surface area contributed by atoms with Crippen molar-refractivity contribution in [2.24, 2.45) is 0 Å². The molecule has 0 saturated carbocycles. The van der Waals surface area contributed by atoms with Crippen LogP contribution in [0, 0.1) is 11.7 Å². The number of aryl methyl sites for hydroxylation is 1. The van der Waals surface area contributed by atoms with Gasteiger partial charge in [0.05, 0.1) is 5.69 Å². The van der Waals surface area contributed by atoms with Crippen LogP contribution in [0.2, 0.25) is 0 Å². The summed E-state index contributed by atoms with van der Waals surface area (Å²) in [5.41, 5.74) is 0.855. The average molecular weight is 192 g/mol. The number of hydrogen-bond acceptors (Lipinski definition) is 3. The normalized spacial score (nSPS) is 10.2. The van der Waals surface area contributed by atoms with Crippen LogP contribution < -0.4 is 0 Å². The predicted octanol–water partition coefficient (Wildman–Crippen LogP) is 2.71. The van der Waals surface area contributed by atoms with Crippen molar-refractivity contribution in [3.63, 3.8) is 0 Å². The van der Waals surface area contributed by atoms with Crippen LogP contribution in [-0.4, -0.2) is 9.97 Å². The van der Waals surface area contributed by atoms with Gasteiger partial charge in [0.1, 0.15) is 5.76 Å². The molecule has 2 aromatic heterocycles. The number of hydrogen-bond donors (Lipinski definition) is 1. The topological polar surface area (TPSA) is 41.8 Å². The van der Waals surface area contributed by atoms with Crippen molar-refractivity contribution in [1.29, 1.82) is 0 Å². The summed E-state index contributed by atoms with van der Waals surface area (Å²) in [6.45, 7) is 1.90. The fourth-order valence-electron chi connectivity index (χ4n) is 1.09. The minimum absolute atomic E-state index is 0.464. The maximum Gasteiger partial charge on any atom is 0.197 e. The molecule has 4 heteroatoms. The number of nitrogens with one attached hydrogen (secondary N) is 1. The van der Waals surface area contributed by atoms with Gasteiger partial charge in [-0.15, -0.1) is 0 Å². The van der Waals surface area contributed by atoms with Gasteiger partial charge in [-0.25, -0.2) is 4.98 Å². The molecule has 2 aromatic rings. The Hall–Kier alpha value is -1.42. The standard InChI is InChI=1S/C9H8N2OS/c1-6-2-3-8(12-6)7-4-5-10-9(13)11-7/h2-5H,1H3,(H,10,11,13). The van der Waals surface area contributed by atoms with Crippen molar-refractivity contribution >= 4 is 12.2 Å². The molecule has 0 aliphatic carbocycles. The first-order chi connectivity index (χ1) is 6.25. The lowest BCUT2D eigenvalue weighted by Crippen LogP contribution is -1.83. The van der Waals surface area contributed by atoms with Gasteiger partial charge < -0.3 is 9.40 Å². The SMILES string of the molecule is Cc1ccc(-c2ccnc(=S)[nH]2)o1. The van der Waals surface area contributed by atoms with Crippen molar-refractivity contribution in [2.45, 2.75) is 6.92 Å². The lowest BCUT2D eigenvalue weighted by Gasteiger charge is -1.94. The van der Waals surface area contributed by atoms with Crippen molar-refractivity contribution in [1.82, 2.24) is 9.97 Å². The van der Waals surface area contributed by atoms with Crippen LogP contribution in [0.3, 0.4) is 0 Å². The van der Waals surface area contributed by atoms with Gasteiger partial charge in [-0.1, -0.05) is 0 Å². The molecule has 66 valence electrons. The minimum Gasteiger partial charge on any atom is -0.460 e. The first-order valence-electron chi connectivity index (χ1n) is 3.88. The zero-order valence-corrected chi connectivity index (χ0v) is 7.89. The van der Waals surface area contributed by atoms with E-state index in [0.29, 0.717) is 4.77 Å². The third-order valence-corrected chi connectivity index (χ3v) is 1.89. The largest absolute Gasteiger partial charge is 0.460 e. The van der Waals surface area contributed by atoms with Crippen LogP contribution in [0.15, 0.2) is 28.8 Å². The summed E-state index contributed by atoms with van der Waals surface area (Å²) >= 11 is 4.90. The average Bonchev–Trinajstić information content (AvgIpc) is 2.52. The lowest BCUT2D eigenvalue weighted by molar-refractivity contribution is 0.546. The number of rotatable bonds is 1. The number of nitrogens with zero attached hydrogens (tertiary/aromatic N) is 1. The maximum atomic E-state index is 5.42. The molecule has 0 fully saturated rings. The minimum atomic E-state index is 0.464. The highest BCUT2D eigenvalue weighted by Gasteiger charge is 2.01. The van der Waals surface area contributed by atoms with Gasteiger partial charge in [0, 0.05) is 6.20 Å². The fourth-order valence-corrected chi connectivity index (χ4v) is 1.26. The molecule has 1 N–H and O–H groups in total. The molecule has 0 atom stereocenters. The molecular formula is C9H8N2OS. The summed E-state index contributed by atoms with van der Waals surface area (Å²) in [7, 11) is 0. The van der Waals surface area contributed by atoms with Crippen LogP contribution >= 0.6 is 12.2 Å². The van der Waals surface area contributed by atoms with Crippen molar-refractivity contribution in [3.05, 3.63) is 34.9 Å². The molecule has 2 heterocycles. The fraction of sp³-hybridized carbons (Fsp3) is 0.111. The molecule has 0 unspecified atom stereocenters. The quantitative estimate of drug-likeness (QED) is 0.706. The lowest BCUT2D eigenvalue weighted by atomic mass is 10.3. The third-order valence-electron chi connectivity index (χ3n) is 1.68. The number of aromatic amines is 1. The summed E-state index contributed by atoms with van der Waals surface area (Å²) in [4.78, 5) is 6.84. The molecule has 3 nitrogen and oxygen atoms in total. The van der Waals surface area contributed by atoms with E-state index in [2.05, 4.69) is 9.97 Å². The molecule has 13 heavy (non-hydrogen) atoms. The molecule has 0 amide bonds. The Morgan fingerprint density at radius 2 is 2.23 bits per heavy atom. The molecule has 2 rings (SSSR count). The highest BCUT2D eigenvalue weighted by atomic mass is 32.1. The van der Waals surface area contributed by atoms with Gasteiger partial charge in [0.25, 0.3) is 0 Å². The van der Waals surface area contributed by atoms with Crippen LogP contribution in [-0.2, 0) is 0 Å². The zero-order valence-electron chi connectivity index (χ0n) is 7.07. The third kappa shape index (κ3) is 1.67. The van der Waals surface area contributed by atoms with Gasteiger partial charge >= 0.3 is 0 Å². The van der Waals surface area contributed by atoms with Crippen LogP contribution in [0.4, 0.5) is 0 Å². The molecule has 0 aromatic carbocycles. The molecule has 0 radical (unpaired) electrons. The van der Waals surface area contributed by atoms with Crippen LogP contribution in [0.5, 0.6) is 0 Å². The van der Waals surface area contributed by atoms with E-state index in [1.807, 2.05) is 25.1 Å². The van der Waals surface area contributed by atoms with E-state index in [4.69, 9.17) is 16.6 Å². The van der Waals surface area contributed by atoms with Gasteiger partial charge in [-0.2, -0.15) is 0 Å². The van der Waals surface area contributed by atoms with Crippen LogP contribution in [0.25, 0.3) is 11.5 Å². The second-order valence-electron chi connectivity index (χ2n) is 2.70. The molecular weight excluding hydrogens is 184 g/mol. The van der Waals surface area contributed by atoms with E-state index in [9.17, 15) is 0 Å². The Labute approximate surface area is 80.4 Å². The molecule has 0 aliphatic heterocycles. The van der Waals surface area contributed by atoms with E-state index >= 15 is 0 Å². The first kappa shape index (κ1) is 8.19. The predicted molar refractivity (Wildman–Crippen MR) is 51.9 cm³/mol. The van der Waals surface area contributed by atoms with Gasteiger partial charge in [-0.05, 0) is 37.3 Å². The van der Waals surface area contributed by atoms with Crippen molar-refractivity contribution < 1.29 is 4.42 Å². The number of H-pyrrole nitrogens is 1. The van der Waals surface area contributed by atoms with Gasteiger partial charge in [0.2, 0.25) is 0 Å². The highest BCUT2D eigenvalue weighted by Crippen LogP contribution is 2.18. The Balaban J connectivity index is 2.52. The number of aromatic nitrogens is 2. The Bertz CT molecular complexity index is 472. The molecule has 0 saturated heterocycles. The smallest absolute Gasteiger partial charge is 0.197 e. The summed E-state index contributed by atoms with van der Waals surface area (Å²) < 4.78 is 5.88. The van der Waals surface area contributed by atoms with Gasteiger partial charge in [0.15, 0.2) is 10.5 Å². The monoisotopic (exact) mass is 192 g/mol. The van der Waals surface area contributed by atoms with E-state index < -0.39 is 0 Å². The Morgan fingerprint density at radius 3 is 2.85 bits per heavy atom. The second kappa shape index (κ2) is 3.14. The van der Waals surface area contributed by atoms with Crippen LogP contribution in [0.1, 0.15) is 5.76 Å². The van der Waals surface area contributed by atoms with E-state index in [1.165, 1.54) is 0 Å².